The van der Waals surface area contributed by atoms with Gasteiger partial charge < -0.3 is 5.32 Å². The zero-order valence-corrected chi connectivity index (χ0v) is 15.4. The lowest BCUT2D eigenvalue weighted by molar-refractivity contribution is 0.0939. The molecular formula is C21H22FN3O. The van der Waals surface area contributed by atoms with Gasteiger partial charge in [-0.05, 0) is 63.1 Å². The number of carbonyl (C=O) groups is 1. The molecule has 3 aromatic rings. The van der Waals surface area contributed by atoms with Crippen LogP contribution in [0.4, 0.5) is 4.39 Å². The molecule has 134 valence electrons. The molecule has 1 amide bonds. The Labute approximate surface area is 152 Å². The number of hydrogen-bond acceptors (Lipinski definition) is 2. The van der Waals surface area contributed by atoms with Gasteiger partial charge in [0, 0.05) is 0 Å². The van der Waals surface area contributed by atoms with Crippen molar-refractivity contribution in [3.05, 3.63) is 82.4 Å². The Balaban J connectivity index is 1.82. The van der Waals surface area contributed by atoms with Crippen LogP contribution in [0.15, 0.2) is 48.7 Å². The van der Waals surface area contributed by atoms with Crippen LogP contribution in [0, 0.1) is 26.6 Å². The van der Waals surface area contributed by atoms with E-state index in [0.717, 1.165) is 16.7 Å². The Morgan fingerprint density at radius 1 is 1.12 bits per heavy atom. The van der Waals surface area contributed by atoms with Crippen molar-refractivity contribution >= 4 is 5.91 Å². The van der Waals surface area contributed by atoms with Crippen molar-refractivity contribution < 1.29 is 9.18 Å². The molecule has 1 atom stereocenters. The lowest BCUT2D eigenvalue weighted by Crippen LogP contribution is -2.27. The van der Waals surface area contributed by atoms with Gasteiger partial charge in [-0.2, -0.15) is 5.10 Å². The van der Waals surface area contributed by atoms with Gasteiger partial charge in [0.2, 0.25) is 0 Å². The summed E-state index contributed by atoms with van der Waals surface area (Å²) < 4.78 is 14.7. The first-order valence-corrected chi connectivity index (χ1v) is 8.55. The molecule has 0 fully saturated rings. The van der Waals surface area contributed by atoms with Crippen molar-refractivity contribution in [2.24, 2.45) is 0 Å². The van der Waals surface area contributed by atoms with Gasteiger partial charge >= 0.3 is 0 Å². The molecule has 0 bridgehead atoms. The predicted molar refractivity (Wildman–Crippen MR) is 100 cm³/mol. The van der Waals surface area contributed by atoms with Gasteiger partial charge in [-0.25, -0.2) is 9.07 Å². The fraction of sp³-hybridized carbons (Fsp3) is 0.238. The van der Waals surface area contributed by atoms with E-state index >= 15 is 0 Å². The van der Waals surface area contributed by atoms with Gasteiger partial charge in [0.1, 0.15) is 5.82 Å². The number of aryl methyl sites for hydroxylation is 2. The van der Waals surface area contributed by atoms with E-state index in [0.29, 0.717) is 16.9 Å². The van der Waals surface area contributed by atoms with Crippen molar-refractivity contribution in [2.75, 3.05) is 0 Å². The second-order valence-corrected chi connectivity index (χ2v) is 6.59. The van der Waals surface area contributed by atoms with E-state index in [1.165, 1.54) is 12.1 Å². The Hall–Kier alpha value is -2.95. The lowest BCUT2D eigenvalue weighted by Gasteiger charge is -2.17. The number of nitrogens with one attached hydrogen (secondary N) is 1. The molecule has 1 aromatic heterocycles. The molecule has 1 unspecified atom stereocenters. The predicted octanol–water partition coefficient (Wildman–Crippen LogP) is 4.43. The second kappa shape index (κ2) is 7.12. The second-order valence-electron chi connectivity index (χ2n) is 6.59. The van der Waals surface area contributed by atoms with Crippen molar-refractivity contribution in [2.45, 2.75) is 33.7 Å². The Bertz CT molecular complexity index is 944. The van der Waals surface area contributed by atoms with Gasteiger partial charge in [-0.1, -0.05) is 23.8 Å². The van der Waals surface area contributed by atoms with Gasteiger partial charge in [0.25, 0.3) is 5.91 Å². The molecule has 0 aliphatic rings. The first kappa shape index (κ1) is 17.9. The molecule has 0 spiro atoms. The lowest BCUT2D eigenvalue weighted by atomic mass is 10.00. The normalized spacial score (nSPS) is 12.0. The first-order valence-electron chi connectivity index (χ1n) is 8.55. The molecule has 26 heavy (non-hydrogen) atoms. The van der Waals surface area contributed by atoms with Crippen LogP contribution in [0.25, 0.3) is 5.69 Å². The Kier molecular flexibility index (Phi) is 4.89. The Morgan fingerprint density at radius 2 is 1.81 bits per heavy atom. The minimum atomic E-state index is -0.307. The standard InChI is InChI=1S/C21H22FN3O/c1-13-5-6-14(2)19(11-13)15(3)24-21(26)20-12-23-25(16(20)4)18-9-7-17(22)8-10-18/h5-12,15H,1-4H3,(H,24,26). The van der Waals surface area contributed by atoms with E-state index in [4.69, 9.17) is 0 Å². The summed E-state index contributed by atoms with van der Waals surface area (Å²) in [5, 5.41) is 7.32. The van der Waals surface area contributed by atoms with Crippen LogP contribution in [0.3, 0.4) is 0 Å². The van der Waals surface area contributed by atoms with Crippen LogP contribution in [-0.4, -0.2) is 15.7 Å². The van der Waals surface area contributed by atoms with E-state index in [9.17, 15) is 9.18 Å². The highest BCUT2D eigenvalue weighted by Gasteiger charge is 2.18. The van der Waals surface area contributed by atoms with E-state index in [-0.39, 0.29) is 17.8 Å². The van der Waals surface area contributed by atoms with Gasteiger partial charge in [-0.3, -0.25) is 4.79 Å². The molecule has 1 heterocycles. The summed E-state index contributed by atoms with van der Waals surface area (Å²) in [7, 11) is 0. The van der Waals surface area contributed by atoms with E-state index in [2.05, 4.69) is 28.6 Å². The highest BCUT2D eigenvalue weighted by molar-refractivity contribution is 5.95. The van der Waals surface area contributed by atoms with Crippen LogP contribution in [0.1, 0.15) is 45.7 Å². The topological polar surface area (TPSA) is 46.9 Å². The number of halogens is 1. The van der Waals surface area contributed by atoms with Gasteiger partial charge in [0.15, 0.2) is 0 Å². The number of nitrogens with zero attached hydrogens (tertiary/aromatic N) is 2. The molecule has 1 N–H and O–H groups in total. The molecule has 3 rings (SSSR count). The van der Waals surface area contributed by atoms with E-state index < -0.39 is 0 Å². The van der Waals surface area contributed by atoms with Gasteiger partial charge in [-0.15, -0.1) is 0 Å². The van der Waals surface area contributed by atoms with E-state index in [1.54, 1.807) is 23.0 Å². The molecule has 0 aliphatic carbocycles. The third-order valence-corrected chi connectivity index (χ3v) is 4.57. The molecule has 0 saturated carbocycles. The summed E-state index contributed by atoms with van der Waals surface area (Å²) in [6, 6.07) is 12.1. The summed E-state index contributed by atoms with van der Waals surface area (Å²) in [5.41, 5.74) is 5.33. The van der Waals surface area contributed by atoms with Crippen molar-refractivity contribution in [1.29, 1.82) is 0 Å². The third-order valence-electron chi connectivity index (χ3n) is 4.57. The van der Waals surface area contributed by atoms with Crippen molar-refractivity contribution in [1.82, 2.24) is 15.1 Å². The van der Waals surface area contributed by atoms with Crippen LogP contribution in [0.5, 0.6) is 0 Å². The molecule has 0 radical (unpaired) electrons. The highest BCUT2D eigenvalue weighted by atomic mass is 19.1. The van der Waals surface area contributed by atoms with Crippen LogP contribution in [0.2, 0.25) is 0 Å². The molecule has 5 heteroatoms. The van der Waals surface area contributed by atoms with Crippen LogP contribution >= 0.6 is 0 Å². The number of carbonyl (C=O) groups excluding carboxylic acids is 1. The quantitative estimate of drug-likeness (QED) is 0.756. The van der Waals surface area contributed by atoms with Crippen molar-refractivity contribution in [3.63, 3.8) is 0 Å². The van der Waals surface area contributed by atoms with Crippen LogP contribution < -0.4 is 5.32 Å². The fourth-order valence-corrected chi connectivity index (χ4v) is 3.05. The maximum atomic E-state index is 13.1. The first-order chi connectivity index (χ1) is 12.4. The Morgan fingerprint density at radius 3 is 2.50 bits per heavy atom. The molecule has 4 nitrogen and oxygen atoms in total. The molecular weight excluding hydrogens is 329 g/mol. The average molecular weight is 351 g/mol. The molecule has 0 aliphatic heterocycles. The monoisotopic (exact) mass is 351 g/mol. The summed E-state index contributed by atoms with van der Waals surface area (Å²) in [4.78, 5) is 12.7. The molecule has 2 aromatic carbocycles. The maximum Gasteiger partial charge on any atom is 0.255 e. The number of amides is 1. The largest absolute Gasteiger partial charge is 0.345 e. The third kappa shape index (κ3) is 3.52. The smallest absolute Gasteiger partial charge is 0.255 e. The minimum Gasteiger partial charge on any atom is -0.345 e. The van der Waals surface area contributed by atoms with Crippen LogP contribution in [-0.2, 0) is 0 Å². The van der Waals surface area contributed by atoms with Crippen molar-refractivity contribution in [3.8, 4) is 5.69 Å². The number of hydrogen-bond donors (Lipinski definition) is 1. The van der Waals surface area contributed by atoms with E-state index in [1.807, 2.05) is 27.7 Å². The number of aromatic nitrogens is 2. The summed E-state index contributed by atoms with van der Waals surface area (Å²) in [6.07, 6.45) is 1.55. The average Bonchev–Trinajstić information content (AvgIpc) is 2.99. The molecule has 0 saturated heterocycles. The zero-order chi connectivity index (χ0) is 18.8. The SMILES string of the molecule is Cc1ccc(C)c(C(C)NC(=O)c2cnn(-c3ccc(F)cc3)c2C)c1. The van der Waals surface area contributed by atoms with Gasteiger partial charge in [0.05, 0.1) is 29.2 Å². The fourth-order valence-electron chi connectivity index (χ4n) is 3.05. The maximum absolute atomic E-state index is 13.1. The summed E-state index contributed by atoms with van der Waals surface area (Å²) in [5.74, 6) is -0.483. The summed E-state index contributed by atoms with van der Waals surface area (Å²) in [6.45, 7) is 7.87. The zero-order valence-electron chi connectivity index (χ0n) is 15.4. The summed E-state index contributed by atoms with van der Waals surface area (Å²) >= 11 is 0. The number of benzene rings is 2. The highest BCUT2D eigenvalue weighted by Crippen LogP contribution is 2.20. The number of rotatable bonds is 4. The minimum absolute atomic E-state index is 0.115.